The molecule has 160 valence electrons. The van der Waals surface area contributed by atoms with Gasteiger partial charge in [-0.25, -0.2) is 12.8 Å². The lowest BCUT2D eigenvalue weighted by atomic mass is 10.1. The Bertz CT molecular complexity index is 984. The van der Waals surface area contributed by atoms with Crippen LogP contribution in [0.3, 0.4) is 0 Å². The van der Waals surface area contributed by atoms with E-state index in [0.29, 0.717) is 37.2 Å². The lowest BCUT2D eigenvalue weighted by Gasteiger charge is -2.29. The van der Waals surface area contributed by atoms with Gasteiger partial charge in [-0.1, -0.05) is 25.0 Å². The average molecular weight is 431 g/mol. The molecule has 1 saturated heterocycles. The Morgan fingerprint density at radius 2 is 1.67 bits per heavy atom. The lowest BCUT2D eigenvalue weighted by molar-refractivity contribution is 0.0684. The SMILES string of the molecule is O=C(c1ccc(N2CCCS2(=O)=O)cc1)N(CCc1ccc(F)cc1)C1CCCC1. The third kappa shape index (κ3) is 4.51. The minimum Gasteiger partial charge on any atom is -0.335 e. The Hall–Kier alpha value is -2.41. The summed E-state index contributed by atoms with van der Waals surface area (Å²) in [6.45, 7) is 1.07. The number of carbonyl (C=O) groups excluding carboxylic acids is 1. The predicted molar refractivity (Wildman–Crippen MR) is 116 cm³/mol. The van der Waals surface area contributed by atoms with Crippen LogP contribution in [0.1, 0.15) is 48.0 Å². The van der Waals surface area contributed by atoms with Crippen molar-refractivity contribution >= 4 is 21.6 Å². The molecule has 30 heavy (non-hydrogen) atoms. The Morgan fingerprint density at radius 1 is 1.00 bits per heavy atom. The number of benzene rings is 2. The summed E-state index contributed by atoms with van der Waals surface area (Å²) in [7, 11) is -3.23. The first kappa shape index (κ1) is 20.8. The van der Waals surface area contributed by atoms with Crippen LogP contribution >= 0.6 is 0 Å². The average Bonchev–Trinajstić information content (AvgIpc) is 3.39. The van der Waals surface area contributed by atoms with E-state index in [-0.39, 0.29) is 23.5 Å². The Kier molecular flexibility index (Phi) is 6.09. The normalized spacial score (nSPS) is 18.6. The maximum atomic E-state index is 13.3. The van der Waals surface area contributed by atoms with Crippen LogP contribution in [-0.2, 0) is 16.4 Å². The predicted octanol–water partition coefficient (Wildman–Crippen LogP) is 3.99. The number of anilines is 1. The highest BCUT2D eigenvalue weighted by Gasteiger charge is 2.30. The van der Waals surface area contributed by atoms with Gasteiger partial charge in [0, 0.05) is 24.7 Å². The highest BCUT2D eigenvalue weighted by Crippen LogP contribution is 2.27. The van der Waals surface area contributed by atoms with Crippen molar-refractivity contribution in [2.24, 2.45) is 0 Å². The van der Waals surface area contributed by atoms with Gasteiger partial charge in [-0.05, 0) is 67.6 Å². The van der Waals surface area contributed by atoms with Crippen LogP contribution < -0.4 is 4.31 Å². The fourth-order valence-electron chi connectivity index (χ4n) is 4.43. The second-order valence-corrected chi connectivity index (χ2v) is 10.1. The standard InChI is InChI=1S/C23H27FN2O3S/c24-20-10-6-18(7-11-20)14-16-25(21-4-1-2-5-21)23(27)19-8-12-22(13-9-19)26-15-3-17-30(26,28)29/h6-13,21H,1-5,14-17H2. The van der Waals surface area contributed by atoms with Gasteiger partial charge in [0.25, 0.3) is 5.91 Å². The van der Waals surface area contributed by atoms with Crippen molar-refractivity contribution in [2.45, 2.75) is 44.6 Å². The quantitative estimate of drug-likeness (QED) is 0.696. The van der Waals surface area contributed by atoms with Gasteiger partial charge in [-0.15, -0.1) is 0 Å². The van der Waals surface area contributed by atoms with Crippen LogP contribution in [0.5, 0.6) is 0 Å². The molecular weight excluding hydrogens is 403 g/mol. The number of hydrogen-bond acceptors (Lipinski definition) is 3. The third-order valence-corrected chi connectivity index (χ3v) is 7.95. The fourth-order valence-corrected chi connectivity index (χ4v) is 6.00. The summed E-state index contributed by atoms with van der Waals surface area (Å²) in [6.07, 6.45) is 5.54. The largest absolute Gasteiger partial charge is 0.335 e. The van der Waals surface area contributed by atoms with Gasteiger partial charge >= 0.3 is 0 Å². The number of nitrogens with zero attached hydrogens (tertiary/aromatic N) is 2. The summed E-state index contributed by atoms with van der Waals surface area (Å²) in [5.74, 6) is -0.116. The Morgan fingerprint density at radius 3 is 2.27 bits per heavy atom. The van der Waals surface area contributed by atoms with Crippen molar-refractivity contribution in [3.8, 4) is 0 Å². The Labute approximate surface area is 177 Å². The number of rotatable bonds is 6. The number of halogens is 1. The van der Waals surface area contributed by atoms with Crippen molar-refractivity contribution in [2.75, 3.05) is 23.1 Å². The van der Waals surface area contributed by atoms with E-state index in [1.54, 1.807) is 36.4 Å². The van der Waals surface area contributed by atoms with Gasteiger partial charge in [0.1, 0.15) is 5.82 Å². The molecule has 5 nitrogen and oxygen atoms in total. The summed E-state index contributed by atoms with van der Waals surface area (Å²) < 4.78 is 38.9. The first-order chi connectivity index (χ1) is 14.4. The minimum atomic E-state index is -3.23. The zero-order valence-corrected chi connectivity index (χ0v) is 17.8. The third-order valence-electron chi connectivity index (χ3n) is 6.08. The molecule has 7 heteroatoms. The summed E-state index contributed by atoms with van der Waals surface area (Å²) in [4.78, 5) is 15.2. The number of carbonyl (C=O) groups is 1. The maximum Gasteiger partial charge on any atom is 0.254 e. The molecule has 1 aliphatic carbocycles. The monoisotopic (exact) mass is 430 g/mol. The van der Waals surface area contributed by atoms with Gasteiger partial charge in [0.05, 0.1) is 11.4 Å². The van der Waals surface area contributed by atoms with Crippen LogP contribution in [0.4, 0.5) is 10.1 Å². The molecule has 1 aliphatic heterocycles. The maximum absolute atomic E-state index is 13.3. The van der Waals surface area contributed by atoms with E-state index in [4.69, 9.17) is 0 Å². The highest BCUT2D eigenvalue weighted by atomic mass is 32.2. The molecule has 1 saturated carbocycles. The number of amides is 1. The van der Waals surface area contributed by atoms with Gasteiger partial charge < -0.3 is 4.90 Å². The number of hydrogen-bond donors (Lipinski definition) is 0. The summed E-state index contributed by atoms with van der Waals surface area (Å²) in [5, 5.41) is 0. The highest BCUT2D eigenvalue weighted by molar-refractivity contribution is 7.93. The van der Waals surface area contributed by atoms with Crippen molar-refractivity contribution in [1.82, 2.24) is 4.90 Å². The first-order valence-electron chi connectivity index (χ1n) is 10.6. The topological polar surface area (TPSA) is 57.7 Å². The lowest BCUT2D eigenvalue weighted by Crippen LogP contribution is -2.40. The smallest absolute Gasteiger partial charge is 0.254 e. The molecule has 2 aromatic rings. The van der Waals surface area contributed by atoms with Gasteiger partial charge in [0.2, 0.25) is 10.0 Å². The summed E-state index contributed by atoms with van der Waals surface area (Å²) in [5.41, 5.74) is 2.19. The van der Waals surface area contributed by atoms with E-state index >= 15 is 0 Å². The van der Waals surface area contributed by atoms with Crippen molar-refractivity contribution in [3.63, 3.8) is 0 Å². The van der Waals surface area contributed by atoms with E-state index in [0.717, 1.165) is 31.2 Å². The second-order valence-electron chi connectivity index (χ2n) is 8.10. The second kappa shape index (κ2) is 8.76. The molecule has 2 aliphatic rings. The van der Waals surface area contributed by atoms with E-state index in [9.17, 15) is 17.6 Å². The van der Waals surface area contributed by atoms with Crippen LogP contribution in [0.25, 0.3) is 0 Å². The van der Waals surface area contributed by atoms with Crippen molar-refractivity contribution < 1.29 is 17.6 Å². The molecule has 0 bridgehead atoms. The zero-order chi connectivity index (χ0) is 21.1. The molecule has 1 amide bonds. The van der Waals surface area contributed by atoms with Crippen molar-refractivity contribution in [1.29, 1.82) is 0 Å². The molecule has 0 spiro atoms. The van der Waals surface area contributed by atoms with E-state index < -0.39 is 10.0 Å². The number of sulfonamides is 1. The summed E-state index contributed by atoms with van der Waals surface area (Å²) >= 11 is 0. The molecule has 0 radical (unpaired) electrons. The van der Waals surface area contributed by atoms with E-state index in [2.05, 4.69) is 0 Å². The first-order valence-corrected chi connectivity index (χ1v) is 12.2. The molecule has 0 atom stereocenters. The Balaban J connectivity index is 1.50. The van der Waals surface area contributed by atoms with Gasteiger partial charge in [0.15, 0.2) is 0 Å². The molecule has 1 heterocycles. The van der Waals surface area contributed by atoms with Gasteiger partial charge in [-0.2, -0.15) is 0 Å². The molecule has 0 unspecified atom stereocenters. The fraction of sp³-hybridized carbons (Fsp3) is 0.435. The molecular formula is C23H27FN2O3S. The molecule has 0 aromatic heterocycles. The van der Waals surface area contributed by atoms with Crippen LogP contribution in [0, 0.1) is 5.82 Å². The molecule has 2 fully saturated rings. The van der Waals surface area contributed by atoms with Crippen LogP contribution in [-0.4, -0.2) is 44.1 Å². The molecule has 4 rings (SSSR count). The van der Waals surface area contributed by atoms with E-state index in [1.807, 2.05) is 4.90 Å². The minimum absolute atomic E-state index is 0.0279. The van der Waals surface area contributed by atoms with Crippen LogP contribution in [0.15, 0.2) is 48.5 Å². The molecule has 0 N–H and O–H groups in total. The van der Waals surface area contributed by atoms with Crippen molar-refractivity contribution in [3.05, 3.63) is 65.5 Å². The van der Waals surface area contributed by atoms with Crippen LogP contribution in [0.2, 0.25) is 0 Å². The van der Waals surface area contributed by atoms with E-state index in [1.165, 1.54) is 16.4 Å². The zero-order valence-electron chi connectivity index (χ0n) is 17.0. The molecule has 2 aromatic carbocycles. The summed E-state index contributed by atoms with van der Waals surface area (Å²) in [6, 6.07) is 13.5. The van der Waals surface area contributed by atoms with Gasteiger partial charge in [-0.3, -0.25) is 9.10 Å².